The Hall–Kier alpha value is -0.450. The average Bonchev–Trinajstić information content (AvgIpc) is 2.62. The summed E-state index contributed by atoms with van der Waals surface area (Å²) >= 11 is 1.72. The normalized spacial score (nSPS) is 11.2. The quantitative estimate of drug-likeness (QED) is 0.712. The molecule has 0 radical (unpaired) electrons. The highest BCUT2D eigenvalue weighted by atomic mass is 32.1. The molecule has 1 aromatic heterocycles. The minimum absolute atomic E-state index is 0.354. The molecule has 3 nitrogen and oxygen atoms in total. The van der Waals surface area contributed by atoms with Crippen LogP contribution in [-0.4, -0.2) is 24.2 Å². The van der Waals surface area contributed by atoms with Crippen LogP contribution in [-0.2, 0) is 11.3 Å². The summed E-state index contributed by atoms with van der Waals surface area (Å²) in [6.07, 6.45) is 2.66. The number of ether oxygens (including phenoxy) is 1. The first-order chi connectivity index (χ1) is 7.70. The van der Waals surface area contributed by atoms with Crippen molar-refractivity contribution in [2.24, 2.45) is 0 Å². The molecule has 0 aromatic carbocycles. The van der Waals surface area contributed by atoms with Crippen molar-refractivity contribution < 1.29 is 4.74 Å². The van der Waals surface area contributed by atoms with Crippen LogP contribution in [0.2, 0.25) is 0 Å². The van der Waals surface area contributed by atoms with Crippen LogP contribution in [0.1, 0.15) is 37.3 Å². The summed E-state index contributed by atoms with van der Waals surface area (Å²) in [7, 11) is 0. The maximum Gasteiger partial charge on any atom is 0.0798 e. The standard InChI is InChI=1S/C12H22N2OS/c1-10(2)15-7-5-4-6-13-8-12-11(3)14-9-16-12/h9-10,13H,4-8H2,1-3H3. The molecule has 1 heterocycles. The number of nitrogens with one attached hydrogen (secondary N) is 1. The molecule has 0 bridgehead atoms. The maximum absolute atomic E-state index is 5.48. The Bertz CT molecular complexity index is 286. The van der Waals surface area contributed by atoms with E-state index in [1.807, 2.05) is 5.51 Å². The number of hydrogen-bond acceptors (Lipinski definition) is 4. The molecule has 0 fully saturated rings. The first-order valence-corrected chi connectivity index (χ1v) is 6.79. The van der Waals surface area contributed by atoms with Gasteiger partial charge in [-0.3, -0.25) is 0 Å². The van der Waals surface area contributed by atoms with Gasteiger partial charge in [0.15, 0.2) is 0 Å². The number of aryl methyl sites for hydroxylation is 1. The van der Waals surface area contributed by atoms with E-state index >= 15 is 0 Å². The predicted molar refractivity (Wildman–Crippen MR) is 68.9 cm³/mol. The average molecular weight is 242 g/mol. The Morgan fingerprint density at radius 1 is 1.44 bits per heavy atom. The monoisotopic (exact) mass is 242 g/mol. The third kappa shape index (κ3) is 5.58. The number of aromatic nitrogens is 1. The van der Waals surface area contributed by atoms with E-state index in [1.165, 1.54) is 11.3 Å². The third-order valence-electron chi connectivity index (χ3n) is 2.33. The lowest BCUT2D eigenvalue weighted by molar-refractivity contribution is 0.0760. The zero-order valence-electron chi connectivity index (χ0n) is 10.5. The molecule has 4 heteroatoms. The molecule has 1 N–H and O–H groups in total. The van der Waals surface area contributed by atoms with Gasteiger partial charge in [-0.15, -0.1) is 11.3 Å². The Kier molecular flexibility index (Phi) is 6.61. The van der Waals surface area contributed by atoms with Gasteiger partial charge >= 0.3 is 0 Å². The van der Waals surface area contributed by atoms with Crippen molar-refractivity contribution in [1.82, 2.24) is 10.3 Å². The minimum Gasteiger partial charge on any atom is -0.379 e. The zero-order chi connectivity index (χ0) is 11.8. The fourth-order valence-corrected chi connectivity index (χ4v) is 2.12. The lowest BCUT2D eigenvalue weighted by Crippen LogP contribution is -2.15. The van der Waals surface area contributed by atoms with Crippen molar-refractivity contribution in [3.63, 3.8) is 0 Å². The van der Waals surface area contributed by atoms with E-state index in [9.17, 15) is 0 Å². The van der Waals surface area contributed by atoms with Gasteiger partial charge in [0.05, 0.1) is 17.3 Å². The highest BCUT2D eigenvalue weighted by Gasteiger charge is 1.99. The Balaban J connectivity index is 1.94. The molecular formula is C12H22N2OS. The topological polar surface area (TPSA) is 34.2 Å². The molecule has 1 aromatic rings. The highest BCUT2D eigenvalue weighted by molar-refractivity contribution is 7.09. The van der Waals surface area contributed by atoms with E-state index < -0.39 is 0 Å². The van der Waals surface area contributed by atoms with E-state index in [1.54, 1.807) is 11.3 Å². The van der Waals surface area contributed by atoms with E-state index in [2.05, 4.69) is 31.1 Å². The van der Waals surface area contributed by atoms with Crippen molar-refractivity contribution in [3.8, 4) is 0 Å². The lowest BCUT2D eigenvalue weighted by atomic mass is 10.3. The van der Waals surface area contributed by atoms with Crippen molar-refractivity contribution in [1.29, 1.82) is 0 Å². The number of hydrogen-bond donors (Lipinski definition) is 1. The molecule has 0 aliphatic carbocycles. The number of unbranched alkanes of at least 4 members (excludes halogenated alkanes) is 1. The first kappa shape index (κ1) is 13.6. The van der Waals surface area contributed by atoms with Crippen LogP contribution in [0.3, 0.4) is 0 Å². The summed E-state index contributed by atoms with van der Waals surface area (Å²) in [6, 6.07) is 0. The lowest BCUT2D eigenvalue weighted by Gasteiger charge is -2.07. The molecule has 0 atom stereocenters. The predicted octanol–water partition coefficient (Wildman–Crippen LogP) is 2.75. The van der Waals surface area contributed by atoms with Gasteiger partial charge in [-0.05, 0) is 40.2 Å². The van der Waals surface area contributed by atoms with Gasteiger partial charge in [0.1, 0.15) is 0 Å². The summed E-state index contributed by atoms with van der Waals surface area (Å²) in [5.74, 6) is 0. The molecule has 0 aliphatic rings. The molecule has 0 saturated carbocycles. The minimum atomic E-state index is 0.354. The van der Waals surface area contributed by atoms with Crippen molar-refractivity contribution in [2.75, 3.05) is 13.2 Å². The van der Waals surface area contributed by atoms with Crippen LogP contribution >= 0.6 is 11.3 Å². The fraction of sp³-hybridized carbons (Fsp3) is 0.750. The third-order valence-corrected chi connectivity index (χ3v) is 3.26. The SMILES string of the molecule is Cc1ncsc1CNCCCCOC(C)C. The van der Waals surface area contributed by atoms with Crippen LogP contribution in [0.25, 0.3) is 0 Å². The Morgan fingerprint density at radius 2 is 2.25 bits per heavy atom. The zero-order valence-corrected chi connectivity index (χ0v) is 11.3. The summed E-state index contributed by atoms with van der Waals surface area (Å²) in [4.78, 5) is 5.57. The second-order valence-electron chi connectivity index (χ2n) is 4.16. The van der Waals surface area contributed by atoms with Crippen molar-refractivity contribution in [2.45, 2.75) is 46.3 Å². The van der Waals surface area contributed by atoms with E-state index in [4.69, 9.17) is 4.74 Å². The molecule has 0 spiro atoms. The summed E-state index contributed by atoms with van der Waals surface area (Å²) < 4.78 is 5.48. The highest BCUT2D eigenvalue weighted by Crippen LogP contribution is 2.10. The molecule has 16 heavy (non-hydrogen) atoms. The van der Waals surface area contributed by atoms with Gasteiger partial charge in [-0.25, -0.2) is 4.98 Å². The molecule has 0 saturated heterocycles. The molecule has 0 amide bonds. The summed E-state index contributed by atoms with van der Waals surface area (Å²) in [5.41, 5.74) is 3.06. The fourth-order valence-electron chi connectivity index (χ4n) is 1.37. The van der Waals surface area contributed by atoms with Gasteiger partial charge < -0.3 is 10.1 Å². The second kappa shape index (κ2) is 7.76. The van der Waals surface area contributed by atoms with Gasteiger partial charge in [-0.2, -0.15) is 0 Å². The number of nitrogens with zero attached hydrogens (tertiary/aromatic N) is 1. The smallest absolute Gasteiger partial charge is 0.0798 e. The Morgan fingerprint density at radius 3 is 2.88 bits per heavy atom. The van der Waals surface area contributed by atoms with Crippen molar-refractivity contribution in [3.05, 3.63) is 16.1 Å². The van der Waals surface area contributed by atoms with Crippen LogP contribution < -0.4 is 5.32 Å². The first-order valence-electron chi connectivity index (χ1n) is 5.91. The van der Waals surface area contributed by atoms with Gasteiger partial charge in [0.25, 0.3) is 0 Å². The van der Waals surface area contributed by atoms with Crippen LogP contribution in [0.15, 0.2) is 5.51 Å². The van der Waals surface area contributed by atoms with Gasteiger partial charge in [0, 0.05) is 18.0 Å². The molecule has 1 rings (SSSR count). The molecule has 0 unspecified atom stereocenters. The van der Waals surface area contributed by atoms with Gasteiger partial charge in [-0.1, -0.05) is 0 Å². The van der Waals surface area contributed by atoms with E-state index in [-0.39, 0.29) is 0 Å². The van der Waals surface area contributed by atoms with E-state index in [0.717, 1.165) is 31.8 Å². The number of rotatable bonds is 8. The number of thiazole rings is 1. The van der Waals surface area contributed by atoms with Gasteiger partial charge in [0.2, 0.25) is 0 Å². The Labute approximate surface area is 102 Å². The maximum atomic E-state index is 5.48. The van der Waals surface area contributed by atoms with Crippen LogP contribution in [0.4, 0.5) is 0 Å². The van der Waals surface area contributed by atoms with Crippen LogP contribution in [0.5, 0.6) is 0 Å². The van der Waals surface area contributed by atoms with Crippen LogP contribution in [0, 0.1) is 6.92 Å². The molecule has 92 valence electrons. The summed E-state index contributed by atoms with van der Waals surface area (Å²) in [5, 5.41) is 3.43. The summed E-state index contributed by atoms with van der Waals surface area (Å²) in [6.45, 7) is 9.08. The van der Waals surface area contributed by atoms with E-state index in [0.29, 0.717) is 6.10 Å². The largest absolute Gasteiger partial charge is 0.379 e. The molecular weight excluding hydrogens is 220 g/mol. The van der Waals surface area contributed by atoms with Crippen molar-refractivity contribution >= 4 is 11.3 Å². The molecule has 0 aliphatic heterocycles. The second-order valence-corrected chi connectivity index (χ2v) is 5.10.